The van der Waals surface area contributed by atoms with Crippen LogP contribution in [0.1, 0.15) is 30.6 Å². The van der Waals surface area contributed by atoms with Gasteiger partial charge in [0.05, 0.1) is 24.8 Å². The topological polar surface area (TPSA) is 67.8 Å². The lowest BCUT2D eigenvalue weighted by Gasteiger charge is -2.14. The van der Waals surface area contributed by atoms with Gasteiger partial charge in [0.2, 0.25) is 0 Å². The molecule has 2 N–H and O–H groups in total. The number of amides is 1. The van der Waals surface area contributed by atoms with Crippen LogP contribution in [0.2, 0.25) is 5.02 Å². The van der Waals surface area contributed by atoms with Gasteiger partial charge in [-0.3, -0.25) is 4.79 Å². The van der Waals surface area contributed by atoms with Gasteiger partial charge in [-0.05, 0) is 25.5 Å². The van der Waals surface area contributed by atoms with Gasteiger partial charge in [0.15, 0.2) is 11.5 Å². The van der Waals surface area contributed by atoms with E-state index in [9.17, 15) is 4.79 Å². The Hall–Kier alpha value is -1.46. The molecule has 1 amide bonds. The highest BCUT2D eigenvalue weighted by atomic mass is 35.5. The molecule has 0 saturated heterocycles. The zero-order valence-corrected chi connectivity index (χ0v) is 12.7. The normalized spacial score (nSPS) is 11.8. The number of carbonyl (C=O) groups is 1. The van der Waals surface area contributed by atoms with Crippen molar-refractivity contribution in [2.24, 2.45) is 0 Å². The van der Waals surface area contributed by atoms with Gasteiger partial charge in [0.25, 0.3) is 5.91 Å². The van der Waals surface area contributed by atoms with Crippen LogP contribution in [0, 0.1) is 0 Å². The van der Waals surface area contributed by atoms with Crippen LogP contribution in [0.15, 0.2) is 12.1 Å². The predicted molar refractivity (Wildman–Crippen MR) is 77.8 cm³/mol. The summed E-state index contributed by atoms with van der Waals surface area (Å²) in [6.45, 7) is 4.27. The van der Waals surface area contributed by atoms with Crippen molar-refractivity contribution in [2.45, 2.75) is 26.4 Å². The molecule has 0 fully saturated rings. The van der Waals surface area contributed by atoms with E-state index in [1.807, 2.05) is 6.92 Å². The maximum absolute atomic E-state index is 11.9. The minimum Gasteiger partial charge on any atom is -0.493 e. The highest BCUT2D eigenvalue weighted by Gasteiger charge is 2.16. The number of rotatable bonds is 7. The van der Waals surface area contributed by atoms with E-state index in [-0.39, 0.29) is 12.5 Å². The number of aliphatic hydroxyl groups excluding tert-OH is 1. The fraction of sp³-hybridized carbons (Fsp3) is 0.500. The maximum Gasteiger partial charge on any atom is 0.251 e. The lowest BCUT2D eigenvalue weighted by atomic mass is 10.2. The minimum absolute atomic E-state index is 0.173. The molecule has 0 bridgehead atoms. The monoisotopic (exact) mass is 301 g/mol. The molecule has 0 spiro atoms. The molecular formula is C14H20ClNO4. The number of benzene rings is 1. The molecule has 0 aliphatic carbocycles. The molecule has 5 nitrogen and oxygen atoms in total. The fourth-order valence-electron chi connectivity index (χ4n) is 1.54. The summed E-state index contributed by atoms with van der Waals surface area (Å²) in [6.07, 6.45) is 0.235. The maximum atomic E-state index is 11.9. The molecule has 1 aromatic carbocycles. The molecule has 6 heteroatoms. The summed E-state index contributed by atoms with van der Waals surface area (Å²) in [5.41, 5.74) is 0.358. The molecule has 112 valence electrons. The number of ether oxygens (including phenoxy) is 2. The van der Waals surface area contributed by atoms with Crippen molar-refractivity contribution >= 4 is 17.5 Å². The highest BCUT2D eigenvalue weighted by Crippen LogP contribution is 2.36. The second-order valence-corrected chi connectivity index (χ2v) is 4.80. The highest BCUT2D eigenvalue weighted by molar-refractivity contribution is 6.32. The number of halogens is 1. The fourth-order valence-corrected chi connectivity index (χ4v) is 1.80. The molecule has 0 aliphatic heterocycles. The number of hydrogen-bond donors (Lipinski definition) is 2. The summed E-state index contributed by atoms with van der Waals surface area (Å²) in [7, 11) is 1.49. The Balaban J connectivity index is 2.94. The van der Waals surface area contributed by atoms with Crippen molar-refractivity contribution < 1.29 is 19.4 Å². The molecular weight excluding hydrogens is 282 g/mol. The van der Waals surface area contributed by atoms with Gasteiger partial charge in [0.1, 0.15) is 0 Å². The summed E-state index contributed by atoms with van der Waals surface area (Å²) < 4.78 is 10.7. The summed E-state index contributed by atoms with van der Waals surface area (Å²) in [6, 6.07) is 3.08. The molecule has 0 radical (unpaired) electrons. The average molecular weight is 302 g/mol. The number of aliphatic hydroxyl groups is 1. The summed E-state index contributed by atoms with van der Waals surface area (Å²) in [5.74, 6) is 0.518. The Morgan fingerprint density at radius 1 is 1.50 bits per heavy atom. The minimum atomic E-state index is -0.608. The Labute approximate surface area is 123 Å². The number of methoxy groups -OCH3 is 1. The third-order valence-corrected chi connectivity index (χ3v) is 2.78. The molecule has 0 saturated carbocycles. The Morgan fingerprint density at radius 3 is 2.75 bits per heavy atom. The molecule has 0 aromatic heterocycles. The lowest BCUT2D eigenvalue weighted by molar-refractivity contribution is 0.0923. The SMILES string of the molecule is CCCOc1c(Cl)cc(C(=O)NCC(C)O)cc1OC. The first-order valence-corrected chi connectivity index (χ1v) is 6.84. The van der Waals surface area contributed by atoms with Gasteiger partial charge in [-0.1, -0.05) is 18.5 Å². The van der Waals surface area contributed by atoms with E-state index in [2.05, 4.69) is 5.32 Å². The molecule has 20 heavy (non-hydrogen) atoms. The van der Waals surface area contributed by atoms with Gasteiger partial charge in [-0.2, -0.15) is 0 Å². The van der Waals surface area contributed by atoms with Gasteiger partial charge >= 0.3 is 0 Å². The van der Waals surface area contributed by atoms with Crippen molar-refractivity contribution in [3.8, 4) is 11.5 Å². The molecule has 1 atom stereocenters. The quantitative estimate of drug-likeness (QED) is 0.810. The van der Waals surface area contributed by atoms with Crippen LogP contribution in [0.5, 0.6) is 11.5 Å². The van der Waals surface area contributed by atoms with Crippen LogP contribution in [-0.4, -0.2) is 37.4 Å². The Morgan fingerprint density at radius 2 is 2.20 bits per heavy atom. The van der Waals surface area contributed by atoms with Crippen LogP contribution in [0.25, 0.3) is 0 Å². The Kier molecular flexibility index (Phi) is 6.61. The van der Waals surface area contributed by atoms with E-state index in [4.69, 9.17) is 26.2 Å². The van der Waals surface area contributed by atoms with E-state index >= 15 is 0 Å². The van der Waals surface area contributed by atoms with Crippen molar-refractivity contribution in [3.05, 3.63) is 22.7 Å². The summed E-state index contributed by atoms with van der Waals surface area (Å²) in [5, 5.41) is 12.1. The van der Waals surface area contributed by atoms with Crippen molar-refractivity contribution in [2.75, 3.05) is 20.3 Å². The second kappa shape index (κ2) is 7.97. The summed E-state index contributed by atoms with van der Waals surface area (Å²) >= 11 is 6.12. The third-order valence-electron chi connectivity index (χ3n) is 2.50. The van der Waals surface area contributed by atoms with Crippen molar-refractivity contribution in [1.29, 1.82) is 0 Å². The zero-order chi connectivity index (χ0) is 15.1. The molecule has 1 unspecified atom stereocenters. The van der Waals surface area contributed by atoms with Crippen LogP contribution >= 0.6 is 11.6 Å². The first-order chi connectivity index (χ1) is 9.49. The van der Waals surface area contributed by atoms with E-state index in [1.54, 1.807) is 13.0 Å². The van der Waals surface area contributed by atoms with Crippen LogP contribution < -0.4 is 14.8 Å². The summed E-state index contributed by atoms with van der Waals surface area (Å²) in [4.78, 5) is 11.9. The molecule has 1 rings (SSSR count). The molecule has 0 aliphatic rings. The van der Waals surface area contributed by atoms with E-state index in [0.29, 0.717) is 28.7 Å². The van der Waals surface area contributed by atoms with Gasteiger partial charge < -0.3 is 19.9 Å². The lowest BCUT2D eigenvalue weighted by Crippen LogP contribution is -2.30. The largest absolute Gasteiger partial charge is 0.493 e. The second-order valence-electron chi connectivity index (χ2n) is 4.40. The third kappa shape index (κ3) is 4.58. The number of nitrogens with one attached hydrogen (secondary N) is 1. The van der Waals surface area contributed by atoms with Crippen molar-refractivity contribution in [1.82, 2.24) is 5.32 Å². The molecule has 1 aromatic rings. The first-order valence-electron chi connectivity index (χ1n) is 6.46. The first kappa shape index (κ1) is 16.6. The standard InChI is InChI=1S/C14H20ClNO4/c1-4-5-20-13-11(15)6-10(7-12(13)19-3)14(18)16-8-9(2)17/h6-7,9,17H,4-5,8H2,1-3H3,(H,16,18). The smallest absolute Gasteiger partial charge is 0.251 e. The van der Waals surface area contributed by atoms with E-state index < -0.39 is 6.10 Å². The van der Waals surface area contributed by atoms with E-state index in [0.717, 1.165) is 6.42 Å². The van der Waals surface area contributed by atoms with Crippen molar-refractivity contribution in [3.63, 3.8) is 0 Å². The number of hydrogen-bond acceptors (Lipinski definition) is 4. The Bertz CT molecular complexity index is 463. The van der Waals surface area contributed by atoms with Crippen LogP contribution in [0.3, 0.4) is 0 Å². The number of carbonyl (C=O) groups excluding carboxylic acids is 1. The van der Waals surface area contributed by atoms with Gasteiger partial charge in [-0.25, -0.2) is 0 Å². The van der Waals surface area contributed by atoms with Gasteiger partial charge in [-0.15, -0.1) is 0 Å². The van der Waals surface area contributed by atoms with Gasteiger partial charge in [0, 0.05) is 12.1 Å². The average Bonchev–Trinajstić information content (AvgIpc) is 2.42. The zero-order valence-electron chi connectivity index (χ0n) is 11.9. The van der Waals surface area contributed by atoms with E-state index in [1.165, 1.54) is 13.2 Å². The van der Waals surface area contributed by atoms with Crippen LogP contribution in [0.4, 0.5) is 0 Å². The predicted octanol–water partition coefficient (Wildman–Crippen LogP) is 2.25. The molecule has 0 heterocycles. The van der Waals surface area contributed by atoms with Crippen LogP contribution in [-0.2, 0) is 0 Å².